The first-order valence-electron chi connectivity index (χ1n) is 15.9. The molecular formula is C43H29N3. The van der Waals surface area contributed by atoms with E-state index in [2.05, 4.69) is 158 Å². The summed E-state index contributed by atoms with van der Waals surface area (Å²) >= 11 is 0. The van der Waals surface area contributed by atoms with Crippen LogP contribution in [-0.2, 0) is 5.41 Å². The third-order valence-corrected chi connectivity index (χ3v) is 10.2. The molecule has 0 spiro atoms. The van der Waals surface area contributed by atoms with Gasteiger partial charge < -0.3 is 0 Å². The molecule has 0 atom stereocenters. The summed E-state index contributed by atoms with van der Waals surface area (Å²) in [5, 5.41) is 8.35. The van der Waals surface area contributed by atoms with Crippen LogP contribution in [0.3, 0.4) is 0 Å². The van der Waals surface area contributed by atoms with Crippen molar-refractivity contribution in [1.29, 1.82) is 0 Å². The van der Waals surface area contributed by atoms with Crippen molar-refractivity contribution in [3.63, 3.8) is 0 Å². The lowest BCUT2D eigenvalue weighted by molar-refractivity contribution is 0.661. The van der Waals surface area contributed by atoms with Gasteiger partial charge in [-0.15, -0.1) is 0 Å². The normalized spacial score (nSPS) is 13.6. The molecule has 0 N–H and O–H groups in total. The summed E-state index contributed by atoms with van der Waals surface area (Å²) in [7, 11) is 0. The van der Waals surface area contributed by atoms with E-state index in [-0.39, 0.29) is 5.41 Å². The molecule has 0 saturated heterocycles. The Morgan fingerprint density at radius 1 is 0.478 bits per heavy atom. The molecule has 9 aromatic rings. The van der Waals surface area contributed by atoms with Crippen LogP contribution in [0.15, 0.2) is 140 Å². The van der Waals surface area contributed by atoms with E-state index in [1.807, 2.05) is 0 Å². The summed E-state index contributed by atoms with van der Waals surface area (Å²) in [4.78, 5) is 10.7. The Kier molecular flexibility index (Phi) is 5.06. The van der Waals surface area contributed by atoms with Gasteiger partial charge in [0.15, 0.2) is 0 Å². The zero-order chi connectivity index (χ0) is 30.6. The third-order valence-electron chi connectivity index (χ3n) is 10.2. The van der Waals surface area contributed by atoms with Crippen LogP contribution < -0.4 is 0 Å². The van der Waals surface area contributed by atoms with Crippen molar-refractivity contribution in [2.75, 3.05) is 0 Å². The van der Waals surface area contributed by atoms with E-state index in [0.717, 1.165) is 33.2 Å². The molecule has 7 aromatic carbocycles. The van der Waals surface area contributed by atoms with Crippen molar-refractivity contribution >= 4 is 54.3 Å². The Morgan fingerprint density at radius 3 is 2.07 bits per heavy atom. The van der Waals surface area contributed by atoms with Crippen molar-refractivity contribution in [2.24, 2.45) is 0 Å². The molecule has 1 aliphatic carbocycles. The van der Waals surface area contributed by atoms with Crippen molar-refractivity contribution in [3.05, 3.63) is 151 Å². The summed E-state index contributed by atoms with van der Waals surface area (Å²) in [5.41, 5.74) is 10.6. The fraction of sp³-hybridized carbons (Fsp3) is 0.0698. The second-order valence-electron chi connectivity index (χ2n) is 13.0. The average Bonchev–Trinajstić information content (AvgIpc) is 3.54. The molecule has 3 nitrogen and oxygen atoms in total. The van der Waals surface area contributed by atoms with Gasteiger partial charge in [0.2, 0.25) is 5.95 Å². The van der Waals surface area contributed by atoms with Crippen LogP contribution in [-0.4, -0.2) is 14.5 Å². The lowest BCUT2D eigenvalue weighted by atomic mass is 9.82. The highest BCUT2D eigenvalue weighted by molar-refractivity contribution is 6.14. The lowest BCUT2D eigenvalue weighted by Gasteiger charge is -2.21. The predicted molar refractivity (Wildman–Crippen MR) is 192 cm³/mol. The Balaban J connectivity index is 1.29. The van der Waals surface area contributed by atoms with E-state index in [0.29, 0.717) is 5.95 Å². The zero-order valence-corrected chi connectivity index (χ0v) is 25.6. The monoisotopic (exact) mass is 587 g/mol. The molecule has 0 bridgehead atoms. The first-order chi connectivity index (χ1) is 22.6. The molecular weight excluding hydrogens is 558 g/mol. The van der Waals surface area contributed by atoms with Gasteiger partial charge in [0.05, 0.1) is 22.2 Å². The molecule has 0 unspecified atom stereocenters. The first-order valence-corrected chi connectivity index (χ1v) is 15.9. The van der Waals surface area contributed by atoms with Crippen LogP contribution in [0.5, 0.6) is 0 Å². The summed E-state index contributed by atoms with van der Waals surface area (Å²) in [6.45, 7) is 4.68. The summed E-state index contributed by atoms with van der Waals surface area (Å²) in [5.74, 6) is 0.680. The predicted octanol–water partition coefficient (Wildman–Crippen LogP) is 11.0. The second kappa shape index (κ2) is 9.12. The van der Waals surface area contributed by atoms with Crippen LogP contribution in [0.1, 0.15) is 25.0 Å². The maximum Gasteiger partial charge on any atom is 0.235 e. The number of benzene rings is 7. The summed E-state index contributed by atoms with van der Waals surface area (Å²) < 4.78 is 2.24. The fourth-order valence-electron chi connectivity index (χ4n) is 8.01. The SMILES string of the molecule is CC1(C)c2ccccc2-c2c1ccc1c(-c3nc(-n4c5ccccc5c5cc6ccccc6cc54)nc4ccccc34)cccc21. The van der Waals surface area contributed by atoms with Gasteiger partial charge in [-0.3, -0.25) is 4.57 Å². The Hall–Kier alpha value is -5.80. The van der Waals surface area contributed by atoms with Crippen LogP contribution >= 0.6 is 0 Å². The van der Waals surface area contributed by atoms with Crippen LogP contribution in [0, 0.1) is 0 Å². The van der Waals surface area contributed by atoms with E-state index in [9.17, 15) is 0 Å². The number of hydrogen-bond donors (Lipinski definition) is 0. The number of nitrogens with zero attached hydrogens (tertiary/aromatic N) is 3. The number of fused-ring (bicyclic) bond motifs is 10. The van der Waals surface area contributed by atoms with Crippen LogP contribution in [0.25, 0.3) is 82.6 Å². The van der Waals surface area contributed by atoms with E-state index in [4.69, 9.17) is 9.97 Å². The maximum absolute atomic E-state index is 5.46. The molecule has 0 aliphatic heterocycles. The highest BCUT2D eigenvalue weighted by atomic mass is 15.2. The largest absolute Gasteiger partial charge is 0.278 e. The van der Waals surface area contributed by atoms with Crippen LogP contribution in [0.2, 0.25) is 0 Å². The van der Waals surface area contributed by atoms with Crippen molar-refractivity contribution in [1.82, 2.24) is 14.5 Å². The van der Waals surface area contributed by atoms with Gasteiger partial charge in [0, 0.05) is 27.1 Å². The molecule has 0 amide bonds. The first kappa shape index (κ1) is 25.5. The fourth-order valence-corrected chi connectivity index (χ4v) is 8.01. The number of hydrogen-bond acceptors (Lipinski definition) is 2. The molecule has 216 valence electrons. The van der Waals surface area contributed by atoms with E-state index >= 15 is 0 Å². The third kappa shape index (κ3) is 3.37. The van der Waals surface area contributed by atoms with E-state index in [1.54, 1.807) is 0 Å². The van der Waals surface area contributed by atoms with Crippen molar-refractivity contribution in [3.8, 4) is 28.3 Å². The molecule has 3 heteroatoms. The molecule has 0 radical (unpaired) electrons. The average molecular weight is 588 g/mol. The number of aromatic nitrogens is 3. The molecule has 1 aliphatic rings. The molecule has 0 fully saturated rings. The highest BCUT2D eigenvalue weighted by Crippen LogP contribution is 2.52. The Labute approximate surface area is 266 Å². The van der Waals surface area contributed by atoms with Gasteiger partial charge in [0.25, 0.3) is 0 Å². The minimum Gasteiger partial charge on any atom is -0.278 e. The van der Waals surface area contributed by atoms with Gasteiger partial charge in [0.1, 0.15) is 0 Å². The molecule has 2 heterocycles. The minimum absolute atomic E-state index is 0.0500. The Morgan fingerprint density at radius 2 is 1.17 bits per heavy atom. The van der Waals surface area contributed by atoms with Gasteiger partial charge in [-0.05, 0) is 68.1 Å². The van der Waals surface area contributed by atoms with E-state index < -0.39 is 0 Å². The number of para-hydroxylation sites is 2. The van der Waals surface area contributed by atoms with Gasteiger partial charge >= 0.3 is 0 Å². The van der Waals surface area contributed by atoms with Crippen molar-refractivity contribution < 1.29 is 0 Å². The van der Waals surface area contributed by atoms with Crippen molar-refractivity contribution in [2.45, 2.75) is 19.3 Å². The minimum atomic E-state index is -0.0500. The maximum atomic E-state index is 5.46. The van der Waals surface area contributed by atoms with Crippen LogP contribution in [0.4, 0.5) is 0 Å². The molecule has 46 heavy (non-hydrogen) atoms. The standard InChI is InChI=1S/C43H29N3/c1-43(2)35-19-8-5-15-32(35)40-30-17-11-18-31(28(30)22-23-36(40)43)41-33-16-6-9-20-37(33)44-42(45-41)46-38-21-10-7-14-29(38)34-24-26-12-3-4-13-27(26)25-39(34)46/h3-25H,1-2H3. The topological polar surface area (TPSA) is 30.7 Å². The molecule has 2 aromatic heterocycles. The quantitative estimate of drug-likeness (QED) is 0.201. The van der Waals surface area contributed by atoms with Gasteiger partial charge in [-0.2, -0.15) is 0 Å². The summed E-state index contributed by atoms with van der Waals surface area (Å²) in [6, 6.07) is 50.4. The Bertz CT molecular complexity index is 2730. The molecule has 0 saturated carbocycles. The zero-order valence-electron chi connectivity index (χ0n) is 25.6. The molecule has 10 rings (SSSR count). The van der Waals surface area contributed by atoms with Gasteiger partial charge in [-0.1, -0.05) is 129 Å². The lowest BCUT2D eigenvalue weighted by Crippen LogP contribution is -2.14. The van der Waals surface area contributed by atoms with E-state index in [1.165, 1.54) is 54.6 Å². The highest BCUT2D eigenvalue weighted by Gasteiger charge is 2.36. The second-order valence-corrected chi connectivity index (χ2v) is 13.0. The summed E-state index contributed by atoms with van der Waals surface area (Å²) in [6.07, 6.45) is 0. The van der Waals surface area contributed by atoms with Gasteiger partial charge in [-0.25, -0.2) is 9.97 Å². The smallest absolute Gasteiger partial charge is 0.235 e. The number of rotatable bonds is 2.